The summed E-state index contributed by atoms with van der Waals surface area (Å²) >= 11 is 0. The highest BCUT2D eigenvalue weighted by Crippen LogP contribution is 2.36. The topological polar surface area (TPSA) is 129 Å². The lowest BCUT2D eigenvalue weighted by molar-refractivity contribution is -0.384. The predicted octanol–water partition coefficient (Wildman–Crippen LogP) is 2.73. The molecular weight excluding hydrogens is 376 g/mol. The molecule has 1 aliphatic rings. The molecule has 4 rings (SSSR count). The molecule has 0 bridgehead atoms. The van der Waals surface area contributed by atoms with E-state index >= 15 is 0 Å². The van der Waals surface area contributed by atoms with Crippen molar-refractivity contribution in [1.29, 1.82) is 0 Å². The fourth-order valence-electron chi connectivity index (χ4n) is 3.90. The normalized spacial score (nSPS) is 15.9. The Morgan fingerprint density at radius 3 is 2.45 bits per heavy atom. The lowest BCUT2D eigenvalue weighted by Gasteiger charge is -2.39. The molecular formula is C20H18N4O5. The van der Waals surface area contributed by atoms with Crippen LogP contribution in [-0.4, -0.2) is 50.1 Å². The van der Waals surface area contributed by atoms with E-state index in [-0.39, 0.29) is 43.2 Å². The highest BCUT2D eigenvalue weighted by atomic mass is 16.6. The summed E-state index contributed by atoms with van der Waals surface area (Å²) < 4.78 is 0. The van der Waals surface area contributed by atoms with Crippen molar-refractivity contribution >= 4 is 28.5 Å². The number of fused-ring (bicyclic) bond motifs is 1. The molecule has 29 heavy (non-hydrogen) atoms. The van der Waals surface area contributed by atoms with E-state index in [1.54, 1.807) is 29.2 Å². The number of nitrogens with zero attached hydrogens (tertiary/aromatic N) is 3. The Morgan fingerprint density at radius 2 is 1.83 bits per heavy atom. The third-order valence-corrected chi connectivity index (χ3v) is 5.60. The third kappa shape index (κ3) is 3.10. The Morgan fingerprint density at radius 1 is 1.14 bits per heavy atom. The molecule has 2 aromatic carbocycles. The molecule has 1 saturated heterocycles. The zero-order valence-electron chi connectivity index (χ0n) is 15.4. The minimum absolute atomic E-state index is 0.103. The predicted molar refractivity (Wildman–Crippen MR) is 104 cm³/mol. The summed E-state index contributed by atoms with van der Waals surface area (Å²) in [7, 11) is 0. The number of nitrogens with one attached hydrogen (secondary N) is 1. The standard InChI is InChI=1S/C20H18N4O5/c25-18(17-15-12-14(24(28)29)6-7-16(15)21-22-17)23-10-8-20(9-11-23,19(26)27)13-4-2-1-3-5-13/h1-7,12H,8-11H2,(H,21,22)(H,26,27). The van der Waals surface area contributed by atoms with E-state index in [0.717, 1.165) is 5.56 Å². The molecule has 3 aromatic rings. The summed E-state index contributed by atoms with van der Waals surface area (Å²) in [6.45, 7) is 0.507. The average Bonchev–Trinajstić information content (AvgIpc) is 3.17. The Balaban J connectivity index is 1.59. The lowest BCUT2D eigenvalue weighted by atomic mass is 9.73. The van der Waals surface area contributed by atoms with Crippen molar-refractivity contribution in [1.82, 2.24) is 15.1 Å². The second kappa shape index (κ2) is 7.01. The number of benzene rings is 2. The van der Waals surface area contributed by atoms with Crippen LogP contribution in [0.2, 0.25) is 0 Å². The molecule has 1 aliphatic heterocycles. The van der Waals surface area contributed by atoms with Crippen LogP contribution < -0.4 is 0 Å². The summed E-state index contributed by atoms with van der Waals surface area (Å²) in [5.74, 6) is -1.28. The Labute approximate surface area is 165 Å². The van der Waals surface area contributed by atoms with E-state index in [2.05, 4.69) is 10.2 Å². The molecule has 0 atom stereocenters. The average molecular weight is 394 g/mol. The van der Waals surface area contributed by atoms with Gasteiger partial charge in [0.2, 0.25) is 0 Å². The van der Waals surface area contributed by atoms with Gasteiger partial charge in [0.25, 0.3) is 11.6 Å². The van der Waals surface area contributed by atoms with E-state index in [4.69, 9.17) is 0 Å². The third-order valence-electron chi connectivity index (χ3n) is 5.60. The van der Waals surface area contributed by atoms with Gasteiger partial charge in [-0.2, -0.15) is 5.10 Å². The molecule has 0 saturated carbocycles. The maximum atomic E-state index is 13.0. The number of carbonyl (C=O) groups is 2. The highest BCUT2D eigenvalue weighted by molar-refractivity contribution is 6.05. The van der Waals surface area contributed by atoms with Crippen molar-refractivity contribution in [3.05, 3.63) is 69.9 Å². The Hall–Kier alpha value is -3.75. The van der Waals surface area contributed by atoms with Gasteiger partial charge in [0.15, 0.2) is 5.69 Å². The fourth-order valence-corrected chi connectivity index (χ4v) is 3.90. The number of non-ortho nitro benzene ring substituents is 1. The number of piperidine rings is 1. The van der Waals surface area contributed by atoms with Crippen LogP contribution in [0.1, 0.15) is 28.9 Å². The number of hydrogen-bond donors (Lipinski definition) is 2. The van der Waals surface area contributed by atoms with Crippen LogP contribution in [0.15, 0.2) is 48.5 Å². The van der Waals surface area contributed by atoms with Gasteiger partial charge in [0, 0.05) is 30.6 Å². The number of rotatable bonds is 4. The van der Waals surface area contributed by atoms with Gasteiger partial charge >= 0.3 is 5.97 Å². The Bertz CT molecular complexity index is 1100. The quantitative estimate of drug-likeness (QED) is 0.517. The molecule has 2 N–H and O–H groups in total. The summed E-state index contributed by atoms with van der Waals surface area (Å²) in [5.41, 5.74) is 0.192. The summed E-state index contributed by atoms with van der Waals surface area (Å²) in [5, 5.41) is 28.1. The first-order chi connectivity index (χ1) is 13.9. The molecule has 1 amide bonds. The van der Waals surface area contributed by atoms with E-state index in [1.165, 1.54) is 18.2 Å². The smallest absolute Gasteiger partial charge is 0.314 e. The van der Waals surface area contributed by atoms with Gasteiger partial charge in [0.1, 0.15) is 0 Å². The van der Waals surface area contributed by atoms with Crippen LogP contribution in [0.25, 0.3) is 10.9 Å². The molecule has 0 spiro atoms. The van der Waals surface area contributed by atoms with Gasteiger partial charge in [-0.1, -0.05) is 30.3 Å². The van der Waals surface area contributed by atoms with Crippen molar-refractivity contribution < 1.29 is 19.6 Å². The van der Waals surface area contributed by atoms with Crippen LogP contribution in [-0.2, 0) is 10.2 Å². The maximum Gasteiger partial charge on any atom is 0.314 e. The molecule has 2 heterocycles. The summed E-state index contributed by atoms with van der Waals surface area (Å²) in [6.07, 6.45) is 0.557. The number of aliphatic carboxylic acids is 1. The zero-order valence-corrected chi connectivity index (χ0v) is 15.4. The molecule has 1 aromatic heterocycles. The number of aromatic nitrogens is 2. The lowest BCUT2D eigenvalue weighted by Crippen LogP contribution is -2.49. The van der Waals surface area contributed by atoms with E-state index in [1.807, 2.05) is 6.07 Å². The summed E-state index contributed by atoms with van der Waals surface area (Å²) in [4.78, 5) is 37.1. The van der Waals surface area contributed by atoms with Gasteiger partial charge in [-0.05, 0) is 24.5 Å². The van der Waals surface area contributed by atoms with Gasteiger partial charge in [-0.3, -0.25) is 24.8 Å². The second-order valence-electron chi connectivity index (χ2n) is 7.10. The number of aromatic amines is 1. The largest absolute Gasteiger partial charge is 0.481 e. The first-order valence-corrected chi connectivity index (χ1v) is 9.13. The van der Waals surface area contributed by atoms with E-state index in [9.17, 15) is 24.8 Å². The number of hydrogen-bond acceptors (Lipinski definition) is 5. The zero-order chi connectivity index (χ0) is 20.6. The van der Waals surface area contributed by atoms with Crippen molar-refractivity contribution in [2.45, 2.75) is 18.3 Å². The molecule has 9 heteroatoms. The maximum absolute atomic E-state index is 13.0. The first kappa shape index (κ1) is 18.6. The second-order valence-corrected chi connectivity index (χ2v) is 7.10. The van der Waals surface area contributed by atoms with Crippen LogP contribution in [0.5, 0.6) is 0 Å². The minimum Gasteiger partial charge on any atom is -0.481 e. The number of carboxylic acid groups (broad SMARTS) is 1. The SMILES string of the molecule is O=C(c1n[nH]c2ccc([N+](=O)[O-])cc12)N1CCC(C(=O)O)(c2ccccc2)CC1. The van der Waals surface area contributed by atoms with Crippen LogP contribution in [0.3, 0.4) is 0 Å². The molecule has 0 aliphatic carbocycles. The highest BCUT2D eigenvalue weighted by Gasteiger charge is 2.44. The van der Waals surface area contributed by atoms with Crippen molar-refractivity contribution in [3.63, 3.8) is 0 Å². The number of nitro groups is 1. The number of likely N-dealkylation sites (tertiary alicyclic amines) is 1. The summed E-state index contributed by atoms with van der Waals surface area (Å²) in [6, 6.07) is 13.2. The van der Waals surface area contributed by atoms with Crippen molar-refractivity contribution in [2.24, 2.45) is 0 Å². The fraction of sp³-hybridized carbons (Fsp3) is 0.250. The monoisotopic (exact) mass is 394 g/mol. The van der Waals surface area contributed by atoms with Gasteiger partial charge < -0.3 is 10.0 Å². The minimum atomic E-state index is -1.04. The number of H-pyrrole nitrogens is 1. The number of carbonyl (C=O) groups excluding carboxylic acids is 1. The molecule has 148 valence electrons. The van der Waals surface area contributed by atoms with Crippen molar-refractivity contribution in [3.8, 4) is 0 Å². The molecule has 0 unspecified atom stereocenters. The van der Waals surface area contributed by atoms with Crippen LogP contribution in [0, 0.1) is 10.1 Å². The number of carboxylic acids is 1. The van der Waals surface area contributed by atoms with Crippen molar-refractivity contribution in [2.75, 3.05) is 13.1 Å². The van der Waals surface area contributed by atoms with Gasteiger partial charge in [0.05, 0.1) is 15.9 Å². The van der Waals surface area contributed by atoms with E-state index in [0.29, 0.717) is 10.9 Å². The van der Waals surface area contributed by atoms with Gasteiger partial charge in [-0.15, -0.1) is 0 Å². The number of amides is 1. The first-order valence-electron chi connectivity index (χ1n) is 9.13. The van der Waals surface area contributed by atoms with Crippen LogP contribution >= 0.6 is 0 Å². The molecule has 0 radical (unpaired) electrons. The number of nitro benzene ring substituents is 1. The van der Waals surface area contributed by atoms with Gasteiger partial charge in [-0.25, -0.2) is 0 Å². The Kier molecular flexibility index (Phi) is 4.50. The molecule has 9 nitrogen and oxygen atoms in total. The van der Waals surface area contributed by atoms with E-state index < -0.39 is 16.3 Å². The van der Waals surface area contributed by atoms with Crippen LogP contribution in [0.4, 0.5) is 5.69 Å². The molecule has 1 fully saturated rings.